The summed E-state index contributed by atoms with van der Waals surface area (Å²) in [7, 11) is -3.64. The fourth-order valence-electron chi connectivity index (χ4n) is 10.6. The second kappa shape index (κ2) is 14.4. The smallest absolute Gasteiger partial charge is 0.315 e. The molecule has 5 amide bonds. The molecule has 0 aromatic rings. The first-order valence-corrected chi connectivity index (χ1v) is 22.5. The van der Waals surface area contributed by atoms with E-state index >= 15 is 4.79 Å². The Morgan fingerprint density at radius 3 is 2.00 bits per heavy atom. The van der Waals surface area contributed by atoms with Gasteiger partial charge in [-0.15, -0.1) is 0 Å². The molecule has 12 nitrogen and oxygen atoms in total. The third-order valence-corrected chi connectivity index (χ3v) is 18.1. The predicted octanol–water partition coefficient (Wildman–Crippen LogP) is 4.79. The lowest BCUT2D eigenvalue weighted by molar-refractivity contribution is -0.146. The summed E-state index contributed by atoms with van der Waals surface area (Å²) in [5, 5.41) is 11.2. The van der Waals surface area contributed by atoms with Crippen LogP contribution in [0.3, 0.4) is 0 Å². The fourth-order valence-corrected chi connectivity index (χ4v) is 12.6. The van der Waals surface area contributed by atoms with Gasteiger partial charge in [0, 0.05) is 13.1 Å². The SMILES string of the molecule is CC[C@H]1C[C@]1(NC(=O)[C@@H]1[C@@H]2[C@H](CN1C(=O)[C@@H](NC(=O)NC1([C@@H](C)S(=O)(=O)C(C)(C)C)CCCCC1)C1(C)CCCCC1)C2(C)C)C(=O)C(=O)NCC1CC1. The first kappa shape index (κ1) is 40.9. The summed E-state index contributed by atoms with van der Waals surface area (Å²) in [5.41, 5.74) is -3.04. The van der Waals surface area contributed by atoms with Crippen LogP contribution in [0.15, 0.2) is 0 Å². The Balaban J connectivity index is 1.25. The molecule has 0 spiro atoms. The average Bonchev–Trinajstić information content (AvgIpc) is 4.07. The molecule has 54 heavy (non-hydrogen) atoms. The van der Waals surface area contributed by atoms with Crippen LogP contribution in [0.25, 0.3) is 0 Å². The monoisotopic (exact) mass is 773 g/mol. The van der Waals surface area contributed by atoms with Crippen molar-refractivity contribution in [2.75, 3.05) is 13.1 Å². The average molecular weight is 774 g/mol. The number of nitrogens with zero attached hydrogens (tertiary/aromatic N) is 1. The van der Waals surface area contributed by atoms with Crippen molar-refractivity contribution in [2.45, 2.75) is 178 Å². The summed E-state index contributed by atoms with van der Waals surface area (Å²) in [6.45, 7) is 15.8. The number of Topliss-reactive ketones (excluding diaryl/α,β-unsaturated/α-hetero) is 1. The lowest BCUT2D eigenvalue weighted by Crippen LogP contribution is -2.66. The van der Waals surface area contributed by atoms with Crippen LogP contribution in [-0.4, -0.2) is 89.1 Å². The molecule has 1 heterocycles. The molecular formula is C41H67N5O7S. The van der Waals surface area contributed by atoms with Crippen molar-refractivity contribution in [3.63, 3.8) is 0 Å². The van der Waals surface area contributed by atoms with Crippen LogP contribution in [-0.2, 0) is 29.0 Å². The summed E-state index contributed by atoms with van der Waals surface area (Å²) >= 11 is 0. The van der Waals surface area contributed by atoms with E-state index in [4.69, 9.17) is 0 Å². The quantitative estimate of drug-likeness (QED) is 0.195. The molecule has 1 saturated heterocycles. The summed E-state index contributed by atoms with van der Waals surface area (Å²) in [6, 6.07) is -2.36. The Kier molecular flexibility index (Phi) is 10.9. The summed E-state index contributed by atoms with van der Waals surface area (Å²) < 4.78 is 26.6. The van der Waals surface area contributed by atoms with E-state index in [9.17, 15) is 27.6 Å². The van der Waals surface area contributed by atoms with Crippen molar-refractivity contribution in [3.05, 3.63) is 0 Å². The Labute approximate surface area is 323 Å². The molecule has 304 valence electrons. The lowest BCUT2D eigenvalue weighted by Gasteiger charge is -2.46. The standard InChI is InChI=1S/C41H67N5O7S/c1-9-27-22-41(27,32(47)34(49)42-23-26-16-17-26)44-33(48)30-29-28(38(29,6)7)24-46(30)35(50)31(39(8)18-12-10-13-19-39)43-36(51)45-40(20-14-11-15-21-40)25(2)54(52,53)37(3,4)5/h25-31H,9-24H2,1-8H3,(H,42,49)(H,44,48)(H2,43,45,51)/t25-,27+,28+,29+,30+,31-,41-/m1/s1. The molecule has 0 radical (unpaired) electrons. The number of ketones is 1. The number of likely N-dealkylation sites (tertiary alicyclic amines) is 1. The van der Waals surface area contributed by atoms with Crippen LogP contribution < -0.4 is 21.3 Å². The molecule has 1 aliphatic heterocycles. The number of amides is 5. The largest absolute Gasteiger partial charge is 0.349 e. The number of carbonyl (C=O) groups excluding carboxylic acids is 5. The van der Waals surface area contributed by atoms with Gasteiger partial charge in [0.1, 0.15) is 17.6 Å². The number of urea groups is 1. The fraction of sp³-hybridized carbons (Fsp3) is 0.878. The zero-order valence-electron chi connectivity index (χ0n) is 34.1. The van der Waals surface area contributed by atoms with Crippen LogP contribution in [0.1, 0.15) is 145 Å². The molecule has 5 saturated carbocycles. The topological polar surface area (TPSA) is 171 Å². The van der Waals surface area contributed by atoms with E-state index < -0.39 is 72.0 Å². The lowest BCUT2D eigenvalue weighted by atomic mass is 9.70. The van der Waals surface area contributed by atoms with Gasteiger partial charge in [0.15, 0.2) is 9.84 Å². The Hall–Kier alpha value is -2.70. The molecule has 5 aliphatic carbocycles. The number of nitrogens with one attached hydrogen (secondary N) is 4. The highest BCUT2D eigenvalue weighted by atomic mass is 32.2. The molecular weight excluding hydrogens is 707 g/mol. The third-order valence-electron chi connectivity index (χ3n) is 15.0. The van der Waals surface area contributed by atoms with E-state index in [1.54, 1.807) is 32.6 Å². The second-order valence-electron chi connectivity index (χ2n) is 19.9. The molecule has 4 N–H and O–H groups in total. The molecule has 7 atom stereocenters. The van der Waals surface area contributed by atoms with Crippen molar-refractivity contribution in [2.24, 2.45) is 34.5 Å². The van der Waals surface area contributed by atoms with E-state index in [-0.39, 0.29) is 29.1 Å². The predicted molar refractivity (Wildman–Crippen MR) is 207 cm³/mol. The minimum Gasteiger partial charge on any atom is -0.349 e. The number of fused-ring (bicyclic) bond motifs is 1. The Morgan fingerprint density at radius 2 is 1.46 bits per heavy atom. The van der Waals surface area contributed by atoms with Gasteiger partial charge < -0.3 is 26.2 Å². The van der Waals surface area contributed by atoms with Gasteiger partial charge in [-0.3, -0.25) is 19.2 Å². The van der Waals surface area contributed by atoms with Gasteiger partial charge in [0.05, 0.1) is 15.5 Å². The number of rotatable bonds is 13. The highest BCUT2D eigenvalue weighted by molar-refractivity contribution is 7.93. The summed E-state index contributed by atoms with van der Waals surface area (Å²) in [5.74, 6) is -1.82. The molecule has 6 rings (SSSR count). The molecule has 0 bridgehead atoms. The molecule has 0 aromatic heterocycles. The first-order valence-electron chi connectivity index (χ1n) is 20.9. The van der Waals surface area contributed by atoms with E-state index in [0.29, 0.717) is 44.7 Å². The van der Waals surface area contributed by atoms with Gasteiger partial charge in [0.2, 0.25) is 17.6 Å². The normalized spacial score (nSPS) is 32.0. The van der Waals surface area contributed by atoms with Gasteiger partial charge in [-0.25, -0.2) is 13.2 Å². The molecule has 6 fully saturated rings. The van der Waals surface area contributed by atoms with Crippen LogP contribution in [0.5, 0.6) is 0 Å². The van der Waals surface area contributed by atoms with Gasteiger partial charge in [-0.2, -0.15) is 0 Å². The number of piperidine rings is 1. The molecule has 0 unspecified atom stereocenters. The highest BCUT2D eigenvalue weighted by Gasteiger charge is 2.71. The Morgan fingerprint density at radius 1 is 0.870 bits per heavy atom. The molecule has 6 aliphatic rings. The second-order valence-corrected chi connectivity index (χ2v) is 22.9. The van der Waals surface area contributed by atoms with Crippen LogP contribution in [0.2, 0.25) is 0 Å². The van der Waals surface area contributed by atoms with Crippen LogP contribution in [0, 0.1) is 34.5 Å². The van der Waals surface area contributed by atoms with Gasteiger partial charge >= 0.3 is 6.03 Å². The Bertz CT molecular complexity index is 1620. The van der Waals surface area contributed by atoms with E-state index in [0.717, 1.165) is 64.2 Å². The van der Waals surface area contributed by atoms with E-state index in [2.05, 4.69) is 35.1 Å². The van der Waals surface area contributed by atoms with Crippen molar-refractivity contribution in [3.8, 4) is 0 Å². The van der Waals surface area contributed by atoms with Crippen molar-refractivity contribution < 1.29 is 32.4 Å². The first-order chi connectivity index (χ1) is 25.1. The highest BCUT2D eigenvalue weighted by Crippen LogP contribution is 2.65. The number of hydrogen-bond acceptors (Lipinski definition) is 7. The summed E-state index contributed by atoms with van der Waals surface area (Å²) in [6.07, 6.45) is 11.0. The minimum atomic E-state index is -3.64. The van der Waals surface area contributed by atoms with Gasteiger partial charge in [-0.1, -0.05) is 72.6 Å². The zero-order valence-corrected chi connectivity index (χ0v) is 34.9. The van der Waals surface area contributed by atoms with Crippen molar-refractivity contribution in [1.29, 1.82) is 0 Å². The van der Waals surface area contributed by atoms with E-state index in [1.807, 2.05) is 13.8 Å². The zero-order chi connectivity index (χ0) is 39.6. The number of carbonyl (C=O) groups is 5. The van der Waals surface area contributed by atoms with E-state index in [1.165, 1.54) is 0 Å². The maximum Gasteiger partial charge on any atom is 0.315 e. The molecule has 13 heteroatoms. The van der Waals surface area contributed by atoms with Crippen LogP contribution >= 0.6 is 0 Å². The maximum atomic E-state index is 15.0. The van der Waals surface area contributed by atoms with Crippen LogP contribution in [0.4, 0.5) is 4.79 Å². The number of sulfone groups is 1. The van der Waals surface area contributed by atoms with Gasteiger partial charge in [0.25, 0.3) is 5.91 Å². The van der Waals surface area contributed by atoms with Crippen molar-refractivity contribution in [1.82, 2.24) is 26.2 Å². The third kappa shape index (κ3) is 7.33. The number of hydrogen-bond donors (Lipinski definition) is 4. The minimum absolute atomic E-state index is 0.0782. The summed E-state index contributed by atoms with van der Waals surface area (Å²) in [4.78, 5) is 72.1. The maximum absolute atomic E-state index is 15.0. The van der Waals surface area contributed by atoms with Crippen molar-refractivity contribution >= 4 is 39.4 Å². The molecule has 0 aromatic carbocycles. The van der Waals surface area contributed by atoms with Gasteiger partial charge in [-0.05, 0) is 107 Å².